The van der Waals surface area contributed by atoms with Crippen molar-refractivity contribution < 1.29 is 19.1 Å². The van der Waals surface area contributed by atoms with Crippen LogP contribution >= 0.6 is 0 Å². The standard InChI is InChI=1S/C30H42N6O4/c1-4-35(13-12-23-21-34(2)27-17-25(38-3)8-9-26(23)27)20-22-10-14-36(15-11-22)30-31-18-24(19-32-30)29(37)33-40-28-7-5-6-16-39-28/h8-9,17-19,21-22,28H,4-7,10-16,20H2,1-3H3,(H,33,37). The number of anilines is 1. The molecule has 2 saturated heterocycles. The van der Waals surface area contributed by atoms with Crippen molar-refractivity contribution >= 4 is 22.8 Å². The number of piperidine rings is 1. The largest absolute Gasteiger partial charge is 0.497 e. The van der Waals surface area contributed by atoms with Crippen LogP contribution in [0.2, 0.25) is 0 Å². The second-order valence-corrected chi connectivity index (χ2v) is 10.8. The number of carbonyl (C=O) groups is 1. The van der Waals surface area contributed by atoms with Crippen LogP contribution in [0.3, 0.4) is 0 Å². The van der Waals surface area contributed by atoms with Gasteiger partial charge in [-0.25, -0.2) is 20.3 Å². The van der Waals surface area contributed by atoms with Gasteiger partial charge < -0.3 is 23.8 Å². The molecule has 40 heavy (non-hydrogen) atoms. The molecule has 0 saturated carbocycles. The Kier molecular flexibility index (Phi) is 9.51. The minimum atomic E-state index is -0.384. The first-order valence-electron chi connectivity index (χ1n) is 14.5. The third-order valence-corrected chi connectivity index (χ3v) is 8.16. The molecule has 2 aromatic heterocycles. The lowest BCUT2D eigenvalue weighted by Crippen LogP contribution is -2.40. The summed E-state index contributed by atoms with van der Waals surface area (Å²) in [6.45, 7) is 7.94. The molecule has 2 aliphatic rings. The summed E-state index contributed by atoms with van der Waals surface area (Å²) in [5.41, 5.74) is 5.43. The quantitative estimate of drug-likeness (QED) is 0.359. The zero-order valence-corrected chi connectivity index (χ0v) is 24.0. The first-order valence-corrected chi connectivity index (χ1v) is 14.5. The van der Waals surface area contributed by atoms with Gasteiger partial charge in [-0.05, 0) is 62.3 Å². The van der Waals surface area contributed by atoms with Crippen LogP contribution in [0.1, 0.15) is 54.9 Å². The van der Waals surface area contributed by atoms with Gasteiger partial charge in [0.15, 0.2) is 6.29 Å². The summed E-state index contributed by atoms with van der Waals surface area (Å²) < 4.78 is 13.1. The maximum absolute atomic E-state index is 12.4. The predicted octanol–water partition coefficient (Wildman–Crippen LogP) is 3.95. The van der Waals surface area contributed by atoms with Crippen molar-refractivity contribution in [1.82, 2.24) is 24.9 Å². The molecule has 1 atom stereocenters. The lowest BCUT2D eigenvalue weighted by Gasteiger charge is -2.34. The van der Waals surface area contributed by atoms with Crippen LogP contribution in [-0.4, -0.2) is 78.1 Å². The zero-order chi connectivity index (χ0) is 27.9. The Balaban J connectivity index is 1.07. The maximum atomic E-state index is 12.4. The highest BCUT2D eigenvalue weighted by Gasteiger charge is 2.23. The summed E-state index contributed by atoms with van der Waals surface area (Å²) in [6, 6.07) is 6.33. The van der Waals surface area contributed by atoms with E-state index in [4.69, 9.17) is 14.3 Å². The fraction of sp³-hybridized carbons (Fsp3) is 0.567. The smallest absolute Gasteiger partial charge is 0.278 e. The lowest BCUT2D eigenvalue weighted by atomic mass is 9.96. The highest BCUT2D eigenvalue weighted by Crippen LogP contribution is 2.26. The molecule has 5 rings (SSSR count). The molecule has 1 amide bonds. The molecule has 0 bridgehead atoms. The van der Waals surface area contributed by atoms with E-state index in [1.54, 1.807) is 19.5 Å². The van der Waals surface area contributed by atoms with Gasteiger partial charge in [0.1, 0.15) is 5.75 Å². The average molecular weight is 551 g/mol. The number of nitrogens with zero attached hydrogens (tertiary/aromatic N) is 5. The molecule has 2 aliphatic heterocycles. The molecule has 3 aromatic rings. The number of hydrogen-bond acceptors (Lipinski definition) is 8. The third kappa shape index (κ3) is 6.92. The van der Waals surface area contributed by atoms with Gasteiger partial charge >= 0.3 is 0 Å². The zero-order valence-electron chi connectivity index (χ0n) is 24.0. The summed E-state index contributed by atoms with van der Waals surface area (Å²) in [4.78, 5) is 31.5. The van der Waals surface area contributed by atoms with Crippen LogP contribution in [0.4, 0.5) is 5.95 Å². The highest BCUT2D eigenvalue weighted by atomic mass is 16.8. The van der Waals surface area contributed by atoms with Gasteiger partial charge in [0, 0.05) is 76.3 Å². The van der Waals surface area contributed by atoms with E-state index in [0.29, 0.717) is 24.0 Å². The maximum Gasteiger partial charge on any atom is 0.278 e. The van der Waals surface area contributed by atoms with Gasteiger partial charge in [0.2, 0.25) is 5.95 Å². The predicted molar refractivity (Wildman–Crippen MR) is 154 cm³/mol. The van der Waals surface area contributed by atoms with E-state index in [0.717, 1.165) is 77.0 Å². The Morgan fingerprint density at radius 2 is 1.98 bits per heavy atom. The van der Waals surface area contributed by atoms with Gasteiger partial charge in [-0.3, -0.25) is 4.79 Å². The van der Waals surface area contributed by atoms with Crippen molar-refractivity contribution in [1.29, 1.82) is 0 Å². The number of methoxy groups -OCH3 is 1. The summed E-state index contributed by atoms with van der Waals surface area (Å²) in [7, 11) is 3.81. The van der Waals surface area contributed by atoms with Crippen molar-refractivity contribution in [3.63, 3.8) is 0 Å². The van der Waals surface area contributed by atoms with E-state index in [1.165, 1.54) is 16.5 Å². The molecule has 4 heterocycles. The minimum absolute atomic E-state index is 0.359. The number of hydroxylamine groups is 1. The number of hydrogen-bond donors (Lipinski definition) is 1. The second kappa shape index (κ2) is 13.4. The van der Waals surface area contributed by atoms with E-state index in [1.807, 2.05) is 6.07 Å². The Morgan fingerprint density at radius 1 is 1.18 bits per heavy atom. The summed E-state index contributed by atoms with van der Waals surface area (Å²) in [6.07, 6.45) is 11.1. The van der Waals surface area contributed by atoms with Crippen LogP contribution in [0.15, 0.2) is 36.8 Å². The molecule has 1 unspecified atom stereocenters. The number of carbonyl (C=O) groups excluding carboxylic acids is 1. The molecule has 1 N–H and O–H groups in total. The topological polar surface area (TPSA) is 94.0 Å². The van der Waals surface area contributed by atoms with Crippen LogP contribution < -0.4 is 15.1 Å². The number of rotatable bonds is 11. The second-order valence-electron chi connectivity index (χ2n) is 10.8. The van der Waals surface area contributed by atoms with Crippen molar-refractivity contribution in [2.24, 2.45) is 13.0 Å². The Hall–Kier alpha value is -3.21. The minimum Gasteiger partial charge on any atom is -0.497 e. The molecule has 0 spiro atoms. The van der Waals surface area contributed by atoms with Gasteiger partial charge in [0.05, 0.1) is 18.2 Å². The summed E-state index contributed by atoms with van der Waals surface area (Å²) >= 11 is 0. The van der Waals surface area contributed by atoms with Crippen LogP contribution in [0.5, 0.6) is 5.75 Å². The van der Waals surface area contributed by atoms with E-state index < -0.39 is 0 Å². The summed E-state index contributed by atoms with van der Waals surface area (Å²) in [5.74, 6) is 1.86. The molecule has 10 heteroatoms. The van der Waals surface area contributed by atoms with Gasteiger partial charge in [0.25, 0.3) is 5.91 Å². The SMILES string of the molecule is CCN(CCc1cn(C)c2cc(OC)ccc12)CC1CCN(c2ncc(C(=O)NOC3CCCCO3)cn2)CC1. The van der Waals surface area contributed by atoms with E-state index in [-0.39, 0.29) is 12.2 Å². The van der Waals surface area contributed by atoms with E-state index >= 15 is 0 Å². The molecular formula is C30H42N6O4. The number of aromatic nitrogens is 3. The van der Waals surface area contributed by atoms with E-state index in [2.05, 4.69) is 62.1 Å². The number of amides is 1. The first kappa shape index (κ1) is 28.3. The molecule has 0 radical (unpaired) electrons. The monoisotopic (exact) mass is 550 g/mol. The molecule has 216 valence electrons. The Morgan fingerprint density at radius 3 is 2.67 bits per heavy atom. The number of likely N-dealkylation sites (N-methyl/N-ethyl adjacent to an activating group) is 1. The van der Waals surface area contributed by atoms with Crippen LogP contribution in [-0.2, 0) is 23.0 Å². The number of ether oxygens (including phenoxy) is 2. The number of fused-ring (bicyclic) bond motifs is 1. The van der Waals surface area contributed by atoms with Crippen molar-refractivity contribution in [2.45, 2.75) is 51.7 Å². The molecule has 2 fully saturated rings. The Bertz CT molecular complexity index is 1250. The normalized spacial score (nSPS) is 18.4. The number of nitrogens with one attached hydrogen (secondary N) is 1. The molecule has 10 nitrogen and oxygen atoms in total. The first-order chi connectivity index (χ1) is 19.5. The third-order valence-electron chi connectivity index (χ3n) is 8.16. The van der Waals surface area contributed by atoms with Crippen molar-refractivity contribution in [2.75, 3.05) is 51.3 Å². The van der Waals surface area contributed by atoms with Crippen molar-refractivity contribution in [3.05, 3.63) is 47.9 Å². The van der Waals surface area contributed by atoms with Crippen LogP contribution in [0, 0.1) is 5.92 Å². The number of aryl methyl sites for hydroxylation is 1. The molecule has 0 aliphatic carbocycles. The fourth-order valence-corrected chi connectivity index (χ4v) is 5.70. The average Bonchev–Trinajstić information content (AvgIpc) is 3.33. The Labute approximate surface area is 236 Å². The number of benzene rings is 1. The van der Waals surface area contributed by atoms with E-state index in [9.17, 15) is 4.79 Å². The van der Waals surface area contributed by atoms with Crippen molar-refractivity contribution in [3.8, 4) is 5.75 Å². The van der Waals surface area contributed by atoms with Gasteiger partial charge in [-0.1, -0.05) is 6.92 Å². The highest BCUT2D eigenvalue weighted by molar-refractivity contribution is 5.92. The fourth-order valence-electron chi connectivity index (χ4n) is 5.70. The lowest BCUT2D eigenvalue weighted by molar-refractivity contribution is -0.186. The molecule has 1 aromatic carbocycles. The summed E-state index contributed by atoms with van der Waals surface area (Å²) in [5, 5.41) is 1.31. The molecular weight excluding hydrogens is 508 g/mol. The van der Waals surface area contributed by atoms with Crippen LogP contribution in [0.25, 0.3) is 10.9 Å². The van der Waals surface area contributed by atoms with Gasteiger partial charge in [-0.15, -0.1) is 0 Å². The van der Waals surface area contributed by atoms with Gasteiger partial charge in [-0.2, -0.15) is 0 Å².